The summed E-state index contributed by atoms with van der Waals surface area (Å²) in [6.45, 7) is 0. The van der Waals surface area contributed by atoms with Gasteiger partial charge in [0, 0.05) is 18.2 Å². The van der Waals surface area contributed by atoms with E-state index in [2.05, 4.69) is 4.99 Å². The fraction of sp³-hybridized carbons (Fsp3) is 0.167. The van der Waals surface area contributed by atoms with E-state index in [-0.39, 0.29) is 5.76 Å². The molecule has 0 radical (unpaired) electrons. The molecule has 2 aliphatic rings. The summed E-state index contributed by atoms with van der Waals surface area (Å²) in [4.78, 5) is 41.0. The second kappa shape index (κ2) is 6.91. The van der Waals surface area contributed by atoms with Gasteiger partial charge in [0.05, 0.1) is 31.2 Å². The molecule has 2 N–H and O–H groups in total. The van der Waals surface area contributed by atoms with Crippen LogP contribution in [0.15, 0.2) is 63.7 Å². The van der Waals surface area contributed by atoms with Crippen molar-refractivity contribution in [1.82, 2.24) is 9.13 Å². The number of aliphatic hydroxyl groups is 1. The molecule has 2 heterocycles. The number of esters is 1. The normalized spacial score (nSPS) is 16.2. The van der Waals surface area contributed by atoms with E-state index in [1.807, 2.05) is 24.3 Å². The molecule has 1 aliphatic carbocycles. The highest BCUT2D eigenvalue weighted by Crippen LogP contribution is 2.43. The molecule has 1 aliphatic heterocycles. The Labute approximate surface area is 182 Å². The lowest BCUT2D eigenvalue weighted by atomic mass is 9.81. The summed E-state index contributed by atoms with van der Waals surface area (Å²) in [6, 6.07) is 14.1. The molecular formula is C24H20N3O5+. The first kappa shape index (κ1) is 19.7. The van der Waals surface area contributed by atoms with Gasteiger partial charge in [0.15, 0.2) is 0 Å². The molecule has 8 nitrogen and oxygen atoms in total. The number of hydrogen-bond acceptors (Lipinski definition) is 5. The van der Waals surface area contributed by atoms with Gasteiger partial charge in [-0.2, -0.15) is 4.57 Å². The zero-order valence-corrected chi connectivity index (χ0v) is 17.7. The van der Waals surface area contributed by atoms with Crippen molar-refractivity contribution in [2.75, 3.05) is 7.11 Å². The molecule has 0 amide bonds. The van der Waals surface area contributed by atoms with Gasteiger partial charge in [0.25, 0.3) is 11.4 Å². The SMILES string of the molecule is COC(=O)c1ccc(C2C3=C(O)c4ccccc4C3=[NH+]c3c2c(=O)n(C)c(=O)n3C)cc1. The number of fused-ring (bicyclic) bond motifs is 4. The fourth-order valence-corrected chi connectivity index (χ4v) is 4.54. The third-order valence-corrected chi connectivity index (χ3v) is 6.16. The first-order chi connectivity index (χ1) is 15.3. The van der Waals surface area contributed by atoms with Crippen molar-refractivity contribution in [3.05, 3.63) is 103 Å². The van der Waals surface area contributed by atoms with E-state index in [4.69, 9.17) is 4.74 Å². The largest absolute Gasteiger partial charge is 0.507 e. The fourth-order valence-electron chi connectivity index (χ4n) is 4.54. The molecule has 1 unspecified atom stereocenters. The Kier molecular flexibility index (Phi) is 4.27. The molecule has 2 aromatic carbocycles. The molecule has 1 aromatic heterocycles. The summed E-state index contributed by atoms with van der Waals surface area (Å²) in [6.07, 6.45) is 0. The van der Waals surface area contributed by atoms with Crippen LogP contribution in [-0.4, -0.2) is 33.0 Å². The highest BCUT2D eigenvalue weighted by atomic mass is 16.5. The maximum absolute atomic E-state index is 13.3. The zero-order chi connectivity index (χ0) is 22.7. The van der Waals surface area contributed by atoms with Crippen LogP contribution in [0.3, 0.4) is 0 Å². The lowest BCUT2D eigenvalue weighted by Gasteiger charge is -2.24. The van der Waals surface area contributed by atoms with Crippen molar-refractivity contribution in [2.24, 2.45) is 14.1 Å². The predicted octanol–water partition coefficient (Wildman–Crippen LogP) is 0.500. The molecule has 0 fully saturated rings. The molecule has 160 valence electrons. The summed E-state index contributed by atoms with van der Waals surface area (Å²) in [5.74, 6) is -0.663. The van der Waals surface area contributed by atoms with Gasteiger partial charge < -0.3 is 9.84 Å². The van der Waals surface area contributed by atoms with Crippen LogP contribution in [0.4, 0.5) is 5.82 Å². The quantitative estimate of drug-likeness (QED) is 0.577. The number of rotatable bonds is 2. The van der Waals surface area contributed by atoms with E-state index >= 15 is 0 Å². The number of benzene rings is 2. The monoisotopic (exact) mass is 430 g/mol. The Hall–Kier alpha value is -4.20. The van der Waals surface area contributed by atoms with Crippen molar-refractivity contribution in [2.45, 2.75) is 5.92 Å². The van der Waals surface area contributed by atoms with Crippen molar-refractivity contribution < 1.29 is 19.6 Å². The minimum absolute atomic E-state index is 0.0756. The third kappa shape index (κ3) is 2.56. The number of aliphatic hydroxyl groups excluding tert-OH is 1. The first-order valence-corrected chi connectivity index (χ1v) is 10.0. The van der Waals surface area contributed by atoms with Crippen LogP contribution in [0.1, 0.15) is 38.5 Å². The van der Waals surface area contributed by atoms with Crippen LogP contribution in [0.5, 0.6) is 0 Å². The Morgan fingerprint density at radius 1 is 1.00 bits per heavy atom. The average molecular weight is 430 g/mol. The van der Waals surface area contributed by atoms with Crippen LogP contribution >= 0.6 is 0 Å². The van der Waals surface area contributed by atoms with E-state index < -0.39 is 23.1 Å². The number of hydrogen-bond donors (Lipinski definition) is 2. The summed E-state index contributed by atoms with van der Waals surface area (Å²) in [7, 11) is 4.34. The molecule has 0 saturated carbocycles. The van der Waals surface area contributed by atoms with Gasteiger partial charge in [-0.3, -0.25) is 4.79 Å². The van der Waals surface area contributed by atoms with Gasteiger partial charge >= 0.3 is 11.7 Å². The summed E-state index contributed by atoms with van der Waals surface area (Å²) >= 11 is 0. The van der Waals surface area contributed by atoms with Crippen molar-refractivity contribution in [1.29, 1.82) is 0 Å². The standard InChI is InChI=1S/C24H19N3O5/c1-26-21-18(22(29)27(2)24(26)31)16(12-8-10-13(11-9-12)23(30)32-3)17-19(25-21)14-6-4-5-7-15(14)20(17)28/h4-11,16,28H,1-3H3/p+1. The Morgan fingerprint density at radius 3 is 2.31 bits per heavy atom. The molecule has 3 aromatic rings. The molecule has 32 heavy (non-hydrogen) atoms. The van der Waals surface area contributed by atoms with Crippen LogP contribution in [0.25, 0.3) is 5.76 Å². The molecule has 0 saturated heterocycles. The van der Waals surface area contributed by atoms with E-state index in [0.29, 0.717) is 39.4 Å². The zero-order valence-electron chi connectivity index (χ0n) is 17.7. The molecule has 8 heteroatoms. The van der Waals surface area contributed by atoms with Crippen LogP contribution < -0.4 is 16.2 Å². The van der Waals surface area contributed by atoms with E-state index in [1.165, 1.54) is 18.7 Å². The van der Waals surface area contributed by atoms with Gasteiger partial charge in [-0.1, -0.05) is 30.3 Å². The van der Waals surface area contributed by atoms with Crippen LogP contribution in [0.2, 0.25) is 0 Å². The lowest BCUT2D eigenvalue weighted by molar-refractivity contribution is -0.364. The van der Waals surface area contributed by atoms with Gasteiger partial charge in [-0.05, 0) is 23.8 Å². The molecule has 5 rings (SSSR count). The van der Waals surface area contributed by atoms with Crippen LogP contribution in [0, 0.1) is 0 Å². The topological polar surface area (TPSA) is 104 Å². The van der Waals surface area contributed by atoms with E-state index in [9.17, 15) is 19.5 Å². The summed E-state index contributed by atoms with van der Waals surface area (Å²) in [5, 5.41) is 11.2. The van der Waals surface area contributed by atoms with Gasteiger partial charge in [0.2, 0.25) is 0 Å². The van der Waals surface area contributed by atoms with Crippen molar-refractivity contribution >= 4 is 23.3 Å². The number of carbonyl (C=O) groups is 1. The number of nitrogens with one attached hydrogen (secondary N) is 1. The Morgan fingerprint density at radius 2 is 1.66 bits per heavy atom. The average Bonchev–Trinajstić information content (AvgIpc) is 3.11. The molecule has 1 atom stereocenters. The number of nitrogens with zero attached hydrogens (tertiary/aromatic N) is 2. The van der Waals surface area contributed by atoms with Crippen molar-refractivity contribution in [3.63, 3.8) is 0 Å². The maximum atomic E-state index is 13.3. The maximum Gasteiger partial charge on any atom is 0.417 e. The smallest absolute Gasteiger partial charge is 0.417 e. The van der Waals surface area contributed by atoms with Gasteiger partial charge in [0.1, 0.15) is 17.0 Å². The molecular weight excluding hydrogens is 410 g/mol. The van der Waals surface area contributed by atoms with Gasteiger partial charge in [-0.15, -0.1) is 0 Å². The predicted molar refractivity (Wildman–Crippen MR) is 117 cm³/mol. The second-order valence-electron chi connectivity index (χ2n) is 7.82. The highest BCUT2D eigenvalue weighted by molar-refractivity contribution is 6.21. The minimum atomic E-state index is -0.647. The number of ether oxygens (including phenoxy) is 1. The summed E-state index contributed by atoms with van der Waals surface area (Å²) in [5.41, 5.74) is 3.15. The van der Waals surface area contributed by atoms with E-state index in [0.717, 1.165) is 10.1 Å². The minimum Gasteiger partial charge on any atom is -0.507 e. The van der Waals surface area contributed by atoms with Crippen molar-refractivity contribution in [3.8, 4) is 0 Å². The first-order valence-electron chi connectivity index (χ1n) is 10.0. The number of methoxy groups -OCH3 is 1. The third-order valence-electron chi connectivity index (χ3n) is 6.16. The lowest BCUT2D eigenvalue weighted by Crippen LogP contribution is -2.73. The number of carbonyl (C=O) groups excluding carboxylic acids is 1. The Bertz CT molecular complexity index is 1490. The second-order valence-corrected chi connectivity index (χ2v) is 7.82. The highest BCUT2D eigenvalue weighted by Gasteiger charge is 2.44. The number of aromatic nitrogens is 2. The molecule has 0 bridgehead atoms. The Balaban J connectivity index is 1.85. The van der Waals surface area contributed by atoms with E-state index in [1.54, 1.807) is 31.3 Å². The number of allylic oxidation sites excluding steroid dienone is 1. The van der Waals surface area contributed by atoms with Crippen LogP contribution in [-0.2, 0) is 18.8 Å². The molecule has 0 spiro atoms. The summed E-state index contributed by atoms with van der Waals surface area (Å²) < 4.78 is 7.23. The van der Waals surface area contributed by atoms with Gasteiger partial charge in [-0.25, -0.2) is 19.1 Å².